The zero-order chi connectivity index (χ0) is 19.3. The van der Waals surface area contributed by atoms with Gasteiger partial charge < -0.3 is 14.8 Å². The monoisotopic (exact) mass is 396 g/mol. The van der Waals surface area contributed by atoms with Crippen LogP contribution in [0.3, 0.4) is 0 Å². The Balaban J connectivity index is 1.35. The van der Waals surface area contributed by atoms with Gasteiger partial charge in [0.15, 0.2) is 16.6 Å². The van der Waals surface area contributed by atoms with Gasteiger partial charge in [-0.3, -0.25) is 4.79 Å². The van der Waals surface area contributed by atoms with Gasteiger partial charge in [-0.15, -0.1) is 0 Å². The fourth-order valence-corrected chi connectivity index (χ4v) is 3.60. The number of carbonyl (C=O) groups excluding carboxylic acids is 1. The number of fused-ring (bicyclic) bond motifs is 2. The van der Waals surface area contributed by atoms with Crippen molar-refractivity contribution in [3.8, 4) is 11.5 Å². The van der Waals surface area contributed by atoms with Crippen LogP contribution in [0.15, 0.2) is 47.6 Å². The fourth-order valence-electron chi connectivity index (χ4n) is 2.74. The van der Waals surface area contributed by atoms with Crippen LogP contribution in [-0.2, 0) is 4.79 Å². The van der Waals surface area contributed by atoms with E-state index in [1.807, 2.05) is 49.4 Å². The minimum absolute atomic E-state index is 0.0950. The molecule has 7 nitrogen and oxygen atoms in total. The summed E-state index contributed by atoms with van der Waals surface area (Å²) in [6.07, 6.45) is 0.856. The molecule has 0 saturated heterocycles. The Morgan fingerprint density at radius 3 is 2.86 bits per heavy atom. The van der Waals surface area contributed by atoms with Crippen molar-refractivity contribution in [2.45, 2.75) is 13.3 Å². The molecule has 8 heteroatoms. The number of anilines is 1. The number of thiazole rings is 1. The average Bonchev–Trinajstić information content (AvgIpc) is 2.99. The van der Waals surface area contributed by atoms with Crippen molar-refractivity contribution in [2.24, 2.45) is 5.10 Å². The number of aromatic nitrogens is 1. The van der Waals surface area contributed by atoms with Crippen LogP contribution < -0.4 is 20.2 Å². The van der Waals surface area contributed by atoms with E-state index in [2.05, 4.69) is 20.8 Å². The van der Waals surface area contributed by atoms with Gasteiger partial charge in [-0.2, -0.15) is 5.10 Å². The molecule has 3 aromatic rings. The van der Waals surface area contributed by atoms with Gasteiger partial charge >= 0.3 is 0 Å². The number of benzene rings is 2. The molecule has 0 saturated carbocycles. The van der Waals surface area contributed by atoms with Gasteiger partial charge in [-0.05, 0) is 37.3 Å². The lowest BCUT2D eigenvalue weighted by molar-refractivity contribution is -0.119. The summed E-state index contributed by atoms with van der Waals surface area (Å²) in [4.78, 5) is 16.5. The molecule has 0 spiro atoms. The maximum Gasteiger partial charge on any atom is 0.259 e. The Labute approximate surface area is 166 Å². The molecule has 1 aromatic heterocycles. The highest BCUT2D eigenvalue weighted by atomic mass is 32.1. The van der Waals surface area contributed by atoms with E-state index >= 15 is 0 Å². The topological polar surface area (TPSA) is 84.8 Å². The smallest absolute Gasteiger partial charge is 0.259 e. The van der Waals surface area contributed by atoms with Crippen LogP contribution >= 0.6 is 11.3 Å². The Kier molecular flexibility index (Phi) is 5.38. The zero-order valence-electron chi connectivity index (χ0n) is 15.4. The molecule has 0 radical (unpaired) electrons. The first kappa shape index (κ1) is 18.2. The van der Waals surface area contributed by atoms with Crippen LogP contribution in [0.25, 0.3) is 10.2 Å². The highest BCUT2D eigenvalue weighted by Crippen LogP contribution is 2.30. The van der Waals surface area contributed by atoms with Gasteiger partial charge in [0.25, 0.3) is 5.91 Å². The molecule has 1 aliphatic rings. The summed E-state index contributed by atoms with van der Waals surface area (Å²) in [6, 6.07) is 13.5. The van der Waals surface area contributed by atoms with Crippen LogP contribution in [0.2, 0.25) is 0 Å². The number of hydrogen-bond acceptors (Lipinski definition) is 7. The van der Waals surface area contributed by atoms with E-state index in [9.17, 15) is 4.79 Å². The van der Waals surface area contributed by atoms with Gasteiger partial charge in [0.2, 0.25) is 0 Å². The van der Waals surface area contributed by atoms with Crippen molar-refractivity contribution in [3.63, 3.8) is 0 Å². The summed E-state index contributed by atoms with van der Waals surface area (Å²) in [7, 11) is 0. The number of carbonyl (C=O) groups is 1. The van der Waals surface area contributed by atoms with Gasteiger partial charge in [0.05, 0.1) is 35.7 Å². The maximum atomic E-state index is 12.1. The van der Waals surface area contributed by atoms with Crippen molar-refractivity contribution in [2.75, 3.05) is 25.1 Å². The summed E-state index contributed by atoms with van der Waals surface area (Å²) >= 11 is 1.51. The Morgan fingerprint density at radius 2 is 2.00 bits per heavy atom. The summed E-state index contributed by atoms with van der Waals surface area (Å²) in [6.45, 7) is 3.20. The molecule has 0 unspecified atom stereocenters. The summed E-state index contributed by atoms with van der Waals surface area (Å²) in [5.74, 6) is 1.19. The molecule has 1 amide bonds. The second-order valence-corrected chi connectivity index (χ2v) is 7.32. The van der Waals surface area contributed by atoms with Gasteiger partial charge in [-0.25, -0.2) is 10.4 Å². The molecule has 4 rings (SSSR count). The molecule has 28 heavy (non-hydrogen) atoms. The number of para-hydroxylation sites is 1. The third kappa shape index (κ3) is 4.23. The van der Waals surface area contributed by atoms with E-state index < -0.39 is 0 Å². The first-order valence-corrected chi connectivity index (χ1v) is 9.83. The van der Waals surface area contributed by atoms with E-state index in [0.29, 0.717) is 29.8 Å². The lowest BCUT2D eigenvalue weighted by Crippen LogP contribution is -2.26. The van der Waals surface area contributed by atoms with E-state index in [1.54, 1.807) is 0 Å². The van der Waals surface area contributed by atoms with Crippen LogP contribution in [-0.4, -0.2) is 36.4 Å². The Hall–Kier alpha value is -3.13. The molecule has 2 N–H and O–H groups in total. The number of ether oxygens (including phenoxy) is 2. The second-order valence-electron chi connectivity index (χ2n) is 6.28. The van der Waals surface area contributed by atoms with Crippen molar-refractivity contribution >= 4 is 38.3 Å². The predicted molar refractivity (Wildman–Crippen MR) is 111 cm³/mol. The normalized spacial score (nSPS) is 13.8. The second kappa shape index (κ2) is 8.26. The van der Waals surface area contributed by atoms with Crippen LogP contribution in [0.4, 0.5) is 5.13 Å². The SMILES string of the molecule is C/C(=N/NC(=O)CNc1nc2ccccc2s1)c1ccc2c(c1)OCCCO2. The minimum atomic E-state index is -0.243. The van der Waals surface area contributed by atoms with Crippen LogP contribution in [0, 0.1) is 0 Å². The van der Waals surface area contributed by atoms with E-state index in [1.165, 1.54) is 11.3 Å². The lowest BCUT2D eigenvalue weighted by Gasteiger charge is -2.09. The molecule has 0 fully saturated rings. The largest absolute Gasteiger partial charge is 0.490 e. The molecule has 2 aromatic carbocycles. The molecule has 2 heterocycles. The number of rotatable bonds is 5. The summed E-state index contributed by atoms with van der Waals surface area (Å²) < 4.78 is 12.4. The summed E-state index contributed by atoms with van der Waals surface area (Å²) in [5, 5.41) is 7.93. The van der Waals surface area contributed by atoms with Crippen molar-refractivity contribution < 1.29 is 14.3 Å². The number of hydrazone groups is 1. The minimum Gasteiger partial charge on any atom is -0.490 e. The van der Waals surface area contributed by atoms with Gasteiger partial charge in [-0.1, -0.05) is 23.5 Å². The van der Waals surface area contributed by atoms with Crippen molar-refractivity contribution in [1.82, 2.24) is 10.4 Å². The van der Waals surface area contributed by atoms with Gasteiger partial charge in [0, 0.05) is 12.0 Å². The number of nitrogens with zero attached hydrogens (tertiary/aromatic N) is 2. The quantitative estimate of drug-likeness (QED) is 0.510. The highest BCUT2D eigenvalue weighted by molar-refractivity contribution is 7.22. The van der Waals surface area contributed by atoms with E-state index in [-0.39, 0.29) is 12.5 Å². The maximum absolute atomic E-state index is 12.1. The van der Waals surface area contributed by atoms with E-state index in [4.69, 9.17) is 9.47 Å². The highest BCUT2D eigenvalue weighted by Gasteiger charge is 2.12. The molecule has 1 aliphatic heterocycles. The number of amides is 1. The van der Waals surface area contributed by atoms with Crippen molar-refractivity contribution in [1.29, 1.82) is 0 Å². The molecular weight excluding hydrogens is 376 g/mol. The molecule has 144 valence electrons. The Morgan fingerprint density at radius 1 is 1.18 bits per heavy atom. The molecule has 0 bridgehead atoms. The first-order chi connectivity index (χ1) is 13.7. The van der Waals surface area contributed by atoms with Crippen LogP contribution in [0.5, 0.6) is 11.5 Å². The first-order valence-electron chi connectivity index (χ1n) is 9.01. The fraction of sp³-hybridized carbons (Fsp3) is 0.250. The van der Waals surface area contributed by atoms with Crippen molar-refractivity contribution in [3.05, 3.63) is 48.0 Å². The Bertz CT molecular complexity index is 998. The molecular formula is C20H20N4O3S. The zero-order valence-corrected chi connectivity index (χ0v) is 16.2. The van der Waals surface area contributed by atoms with Gasteiger partial charge in [0.1, 0.15) is 0 Å². The molecule has 0 aliphatic carbocycles. The third-order valence-electron chi connectivity index (χ3n) is 4.21. The number of nitrogens with one attached hydrogen (secondary N) is 2. The predicted octanol–water partition coefficient (Wildman–Crippen LogP) is 3.41. The summed E-state index contributed by atoms with van der Waals surface area (Å²) in [5.41, 5.74) is 5.03. The molecule has 0 atom stereocenters. The lowest BCUT2D eigenvalue weighted by atomic mass is 10.1. The number of hydrogen-bond donors (Lipinski definition) is 2. The standard InChI is InChI=1S/C20H20N4O3S/c1-13(14-7-8-16-17(11-14)27-10-4-9-26-16)23-24-19(25)12-21-20-22-15-5-2-3-6-18(15)28-20/h2-3,5-8,11H,4,9-10,12H2,1H3,(H,21,22)(H,24,25)/b23-13-. The van der Waals surface area contributed by atoms with Crippen LogP contribution in [0.1, 0.15) is 18.9 Å². The average molecular weight is 396 g/mol. The third-order valence-corrected chi connectivity index (χ3v) is 5.20. The van der Waals surface area contributed by atoms with E-state index in [0.717, 1.165) is 28.0 Å².